The number of hydrogen-bond acceptors (Lipinski definition) is 5. The molecule has 1 N–H and O–H groups in total. The van der Waals surface area contributed by atoms with Crippen LogP contribution in [0, 0.1) is 11.3 Å². The highest BCUT2D eigenvalue weighted by Crippen LogP contribution is 2.62. The largest absolute Gasteiger partial charge is 0.497 e. The summed E-state index contributed by atoms with van der Waals surface area (Å²) in [5, 5.41) is 3.88. The minimum absolute atomic E-state index is 0.377. The van der Waals surface area contributed by atoms with Gasteiger partial charge in [-0.05, 0) is 37.5 Å². The molecule has 0 radical (unpaired) electrons. The molecule has 1 spiro atoms. The summed E-state index contributed by atoms with van der Waals surface area (Å²) in [5.41, 5.74) is 1.55. The molecule has 5 rings (SSSR count). The summed E-state index contributed by atoms with van der Waals surface area (Å²) in [4.78, 5) is 9.58. The Labute approximate surface area is 185 Å². The van der Waals surface area contributed by atoms with E-state index in [4.69, 9.17) is 14.2 Å². The third kappa shape index (κ3) is 3.55. The van der Waals surface area contributed by atoms with E-state index in [2.05, 4.69) is 26.2 Å². The van der Waals surface area contributed by atoms with Gasteiger partial charge >= 0.3 is 0 Å². The average molecular weight is 429 g/mol. The summed E-state index contributed by atoms with van der Waals surface area (Å²) < 4.78 is 17.1. The Balaban J connectivity index is 1.18. The van der Waals surface area contributed by atoms with Crippen molar-refractivity contribution in [2.75, 3.05) is 54.1 Å². The SMILES string of the molecule is CN=C(NC1C2CCOC2C12CCC2)N1CCN(Cc2cc(OC)ccc2OC)CC1. The number of nitrogens with one attached hydrogen (secondary N) is 1. The van der Waals surface area contributed by atoms with Gasteiger partial charge in [-0.1, -0.05) is 6.42 Å². The third-order valence-corrected chi connectivity index (χ3v) is 8.09. The van der Waals surface area contributed by atoms with E-state index in [0.29, 0.717) is 23.5 Å². The van der Waals surface area contributed by atoms with Gasteiger partial charge in [0.1, 0.15) is 11.5 Å². The Hall–Kier alpha value is -1.99. The molecular weight excluding hydrogens is 392 g/mol. The molecule has 31 heavy (non-hydrogen) atoms. The quantitative estimate of drug-likeness (QED) is 0.574. The molecule has 2 aliphatic heterocycles. The highest BCUT2D eigenvalue weighted by atomic mass is 16.5. The highest BCUT2D eigenvalue weighted by molar-refractivity contribution is 5.80. The van der Waals surface area contributed by atoms with Crippen LogP contribution in [-0.2, 0) is 11.3 Å². The zero-order valence-electron chi connectivity index (χ0n) is 19.1. The Morgan fingerprint density at radius 1 is 1.19 bits per heavy atom. The van der Waals surface area contributed by atoms with Gasteiger partial charge < -0.3 is 24.4 Å². The molecule has 2 heterocycles. The molecule has 2 saturated heterocycles. The van der Waals surface area contributed by atoms with Crippen molar-refractivity contribution >= 4 is 5.96 Å². The lowest BCUT2D eigenvalue weighted by Crippen LogP contribution is -2.73. The summed E-state index contributed by atoms with van der Waals surface area (Å²) in [6, 6.07) is 6.56. The second-order valence-electron chi connectivity index (χ2n) is 9.44. The molecule has 0 bridgehead atoms. The van der Waals surface area contributed by atoms with Crippen LogP contribution in [0.5, 0.6) is 11.5 Å². The maximum absolute atomic E-state index is 6.09. The normalized spacial score (nSPS) is 29.8. The van der Waals surface area contributed by atoms with E-state index < -0.39 is 0 Å². The zero-order chi connectivity index (χ0) is 21.4. The van der Waals surface area contributed by atoms with Crippen molar-refractivity contribution in [1.82, 2.24) is 15.1 Å². The molecule has 3 atom stereocenters. The number of piperazine rings is 1. The lowest BCUT2D eigenvalue weighted by Gasteiger charge is -2.63. The molecule has 1 aromatic carbocycles. The van der Waals surface area contributed by atoms with Crippen molar-refractivity contribution in [1.29, 1.82) is 0 Å². The van der Waals surface area contributed by atoms with Crippen molar-refractivity contribution in [2.24, 2.45) is 16.3 Å². The predicted octanol–water partition coefficient (Wildman–Crippen LogP) is 2.35. The van der Waals surface area contributed by atoms with Gasteiger partial charge in [-0.3, -0.25) is 9.89 Å². The van der Waals surface area contributed by atoms with E-state index in [9.17, 15) is 0 Å². The Morgan fingerprint density at radius 2 is 2.00 bits per heavy atom. The average Bonchev–Trinajstić information content (AvgIpc) is 3.19. The van der Waals surface area contributed by atoms with Gasteiger partial charge in [-0.25, -0.2) is 0 Å². The van der Waals surface area contributed by atoms with E-state index in [1.807, 2.05) is 19.2 Å². The summed E-state index contributed by atoms with van der Waals surface area (Å²) in [7, 11) is 5.36. The van der Waals surface area contributed by atoms with Gasteiger partial charge in [0.05, 0.1) is 20.3 Å². The van der Waals surface area contributed by atoms with Gasteiger partial charge in [-0.2, -0.15) is 0 Å². The second-order valence-corrected chi connectivity index (χ2v) is 9.44. The maximum Gasteiger partial charge on any atom is 0.193 e. The zero-order valence-corrected chi connectivity index (χ0v) is 19.1. The van der Waals surface area contributed by atoms with E-state index in [1.54, 1.807) is 14.2 Å². The molecule has 3 unspecified atom stereocenters. The summed E-state index contributed by atoms with van der Waals surface area (Å²) in [6.45, 7) is 5.78. The molecule has 4 aliphatic rings. The predicted molar refractivity (Wildman–Crippen MR) is 121 cm³/mol. The van der Waals surface area contributed by atoms with E-state index in [1.165, 1.54) is 31.2 Å². The van der Waals surface area contributed by atoms with Crippen LogP contribution in [0.4, 0.5) is 0 Å². The van der Waals surface area contributed by atoms with E-state index in [0.717, 1.165) is 56.8 Å². The van der Waals surface area contributed by atoms with Crippen LogP contribution in [0.2, 0.25) is 0 Å². The van der Waals surface area contributed by atoms with E-state index >= 15 is 0 Å². The van der Waals surface area contributed by atoms with Gasteiger partial charge in [0, 0.05) is 69.3 Å². The monoisotopic (exact) mass is 428 g/mol. The van der Waals surface area contributed by atoms with Crippen LogP contribution in [0.15, 0.2) is 23.2 Å². The van der Waals surface area contributed by atoms with Crippen LogP contribution in [0.3, 0.4) is 0 Å². The first-order valence-electron chi connectivity index (χ1n) is 11.7. The summed E-state index contributed by atoms with van der Waals surface area (Å²) in [6.07, 6.45) is 5.64. The number of methoxy groups -OCH3 is 2. The lowest BCUT2D eigenvalue weighted by atomic mass is 9.46. The molecule has 0 amide bonds. The standard InChI is InChI=1S/C24H36N4O3/c1-25-23(26-21-19-7-14-31-22(19)24(21)8-4-9-24)28-12-10-27(11-13-28)16-17-15-18(29-2)5-6-20(17)30-3/h5-6,15,19,21-22H,4,7-14,16H2,1-3H3,(H,25,26). The molecule has 7 heteroatoms. The first-order chi connectivity index (χ1) is 15.2. The fraction of sp³-hybridized carbons (Fsp3) is 0.708. The van der Waals surface area contributed by atoms with Crippen molar-refractivity contribution < 1.29 is 14.2 Å². The Kier molecular flexibility index (Phi) is 5.73. The maximum atomic E-state index is 6.09. The molecule has 2 aliphatic carbocycles. The molecule has 0 aromatic heterocycles. The van der Waals surface area contributed by atoms with Crippen molar-refractivity contribution in [3.8, 4) is 11.5 Å². The highest BCUT2D eigenvalue weighted by Gasteiger charge is 2.66. The van der Waals surface area contributed by atoms with Crippen molar-refractivity contribution in [3.05, 3.63) is 23.8 Å². The van der Waals surface area contributed by atoms with Crippen LogP contribution >= 0.6 is 0 Å². The van der Waals surface area contributed by atoms with Gasteiger partial charge in [0.25, 0.3) is 0 Å². The molecule has 170 valence electrons. The molecule has 4 fully saturated rings. The minimum Gasteiger partial charge on any atom is -0.497 e. The van der Waals surface area contributed by atoms with Crippen LogP contribution in [0.25, 0.3) is 0 Å². The fourth-order valence-corrected chi connectivity index (χ4v) is 6.26. The molecule has 2 saturated carbocycles. The van der Waals surface area contributed by atoms with E-state index in [-0.39, 0.29) is 0 Å². The van der Waals surface area contributed by atoms with Crippen molar-refractivity contribution in [3.63, 3.8) is 0 Å². The number of fused-ring (bicyclic) bond motifs is 2. The first kappa shape index (κ1) is 20.9. The smallest absolute Gasteiger partial charge is 0.193 e. The number of guanidine groups is 1. The number of aliphatic imine (C=N–C) groups is 1. The number of benzene rings is 1. The van der Waals surface area contributed by atoms with Crippen LogP contribution in [0.1, 0.15) is 31.2 Å². The Bertz CT molecular complexity index is 817. The molecule has 7 nitrogen and oxygen atoms in total. The minimum atomic E-state index is 0.377. The van der Waals surface area contributed by atoms with Crippen LogP contribution in [-0.4, -0.2) is 82.0 Å². The lowest BCUT2D eigenvalue weighted by molar-refractivity contribution is -0.171. The number of hydrogen-bond donors (Lipinski definition) is 1. The van der Waals surface area contributed by atoms with Crippen molar-refractivity contribution in [2.45, 2.75) is 44.4 Å². The first-order valence-corrected chi connectivity index (χ1v) is 11.7. The van der Waals surface area contributed by atoms with Crippen LogP contribution < -0.4 is 14.8 Å². The number of rotatable bonds is 5. The fourth-order valence-electron chi connectivity index (χ4n) is 6.26. The van der Waals surface area contributed by atoms with Gasteiger partial charge in [0.2, 0.25) is 0 Å². The summed E-state index contributed by atoms with van der Waals surface area (Å²) in [5.74, 6) is 3.53. The van der Waals surface area contributed by atoms with Gasteiger partial charge in [-0.15, -0.1) is 0 Å². The second kappa shape index (κ2) is 8.51. The summed E-state index contributed by atoms with van der Waals surface area (Å²) >= 11 is 0. The molecular formula is C24H36N4O3. The molecule has 1 aromatic rings. The number of ether oxygens (including phenoxy) is 3. The number of nitrogens with zero attached hydrogens (tertiary/aromatic N) is 3. The topological polar surface area (TPSA) is 58.6 Å². The van der Waals surface area contributed by atoms with Gasteiger partial charge in [0.15, 0.2) is 5.96 Å². The Morgan fingerprint density at radius 3 is 2.65 bits per heavy atom. The third-order valence-electron chi connectivity index (χ3n) is 8.09.